The van der Waals surface area contributed by atoms with Gasteiger partial charge in [0.25, 0.3) is 0 Å². The highest BCUT2D eigenvalue weighted by molar-refractivity contribution is 5.74. The quantitative estimate of drug-likeness (QED) is 0.610. The maximum atomic E-state index is 11.5. The molecule has 2 rings (SSSR count). The average Bonchev–Trinajstić information content (AvgIpc) is 2.62. The van der Waals surface area contributed by atoms with E-state index in [4.69, 9.17) is 4.74 Å². The van der Waals surface area contributed by atoms with E-state index in [1.54, 1.807) is 0 Å². The lowest BCUT2D eigenvalue weighted by atomic mass is 9.94. The van der Waals surface area contributed by atoms with Gasteiger partial charge in [-0.05, 0) is 19.8 Å². The molecule has 2 aliphatic rings. The first-order valence-corrected chi connectivity index (χ1v) is 5.33. The molecule has 0 aromatic carbocycles. The van der Waals surface area contributed by atoms with Crippen LogP contribution in [0.4, 0.5) is 0 Å². The standard InChI is InChI=1S/C10H17NO2/c1-2-13-10(12)9-8-5-3-4-7(8)6-11-9/h7-9,11H,2-6H2,1H3/p+1/t7-,8-,9-/m0/s1. The van der Waals surface area contributed by atoms with Gasteiger partial charge in [0.15, 0.2) is 6.04 Å². The molecule has 0 amide bonds. The molecule has 1 saturated heterocycles. The van der Waals surface area contributed by atoms with Crippen molar-refractivity contribution in [3.05, 3.63) is 0 Å². The van der Waals surface area contributed by atoms with Crippen LogP contribution in [0, 0.1) is 11.8 Å². The lowest BCUT2D eigenvalue weighted by Gasteiger charge is -2.12. The first kappa shape index (κ1) is 9.00. The fourth-order valence-corrected chi connectivity index (χ4v) is 2.84. The zero-order chi connectivity index (χ0) is 9.26. The Hall–Kier alpha value is -0.570. The Morgan fingerprint density at radius 1 is 1.54 bits per heavy atom. The molecule has 1 aliphatic heterocycles. The first-order chi connectivity index (χ1) is 6.33. The fourth-order valence-electron chi connectivity index (χ4n) is 2.84. The highest BCUT2D eigenvalue weighted by atomic mass is 16.5. The van der Waals surface area contributed by atoms with Gasteiger partial charge in [-0.15, -0.1) is 0 Å². The van der Waals surface area contributed by atoms with Gasteiger partial charge in [-0.25, -0.2) is 4.79 Å². The Morgan fingerprint density at radius 2 is 2.38 bits per heavy atom. The SMILES string of the molecule is CCOC(=O)[C@H]1[NH2+]C[C@@H]2CCC[C@@H]21. The number of esters is 1. The summed E-state index contributed by atoms with van der Waals surface area (Å²) in [7, 11) is 0. The van der Waals surface area contributed by atoms with Crippen LogP contribution in [0.3, 0.4) is 0 Å². The number of ether oxygens (including phenoxy) is 1. The summed E-state index contributed by atoms with van der Waals surface area (Å²) < 4.78 is 5.06. The maximum Gasteiger partial charge on any atom is 0.365 e. The number of carbonyl (C=O) groups is 1. The van der Waals surface area contributed by atoms with Crippen molar-refractivity contribution in [2.75, 3.05) is 13.2 Å². The Kier molecular flexibility index (Phi) is 2.54. The molecule has 1 heterocycles. The molecule has 2 fully saturated rings. The summed E-state index contributed by atoms with van der Waals surface area (Å²) in [4.78, 5) is 11.5. The summed E-state index contributed by atoms with van der Waals surface area (Å²) in [6, 6.07) is 0.118. The minimum atomic E-state index is 0.0110. The first-order valence-electron chi connectivity index (χ1n) is 5.33. The predicted molar refractivity (Wildman–Crippen MR) is 48.0 cm³/mol. The Balaban J connectivity index is 1.96. The molecule has 0 spiro atoms. The number of hydrogen-bond acceptors (Lipinski definition) is 2. The summed E-state index contributed by atoms with van der Waals surface area (Å²) in [6.07, 6.45) is 3.85. The van der Waals surface area contributed by atoms with Crippen molar-refractivity contribution in [1.82, 2.24) is 0 Å². The third-order valence-corrected chi connectivity index (χ3v) is 3.43. The van der Waals surface area contributed by atoms with Gasteiger partial charge in [0.1, 0.15) is 0 Å². The lowest BCUT2D eigenvalue weighted by molar-refractivity contribution is -0.664. The summed E-state index contributed by atoms with van der Waals surface area (Å²) in [5.41, 5.74) is 0. The lowest BCUT2D eigenvalue weighted by Crippen LogP contribution is -2.89. The Labute approximate surface area is 78.8 Å². The summed E-state index contributed by atoms with van der Waals surface area (Å²) in [5, 5.41) is 2.17. The van der Waals surface area contributed by atoms with Gasteiger partial charge >= 0.3 is 5.97 Å². The minimum absolute atomic E-state index is 0.0110. The van der Waals surface area contributed by atoms with Crippen molar-refractivity contribution in [1.29, 1.82) is 0 Å². The molecule has 3 heteroatoms. The summed E-state index contributed by atoms with van der Waals surface area (Å²) in [6.45, 7) is 3.52. The highest BCUT2D eigenvalue weighted by Crippen LogP contribution is 2.35. The van der Waals surface area contributed by atoms with Crippen LogP contribution in [0.15, 0.2) is 0 Å². The topological polar surface area (TPSA) is 42.9 Å². The van der Waals surface area contributed by atoms with E-state index in [2.05, 4.69) is 5.32 Å². The zero-order valence-corrected chi connectivity index (χ0v) is 8.16. The van der Waals surface area contributed by atoms with Crippen molar-refractivity contribution >= 4 is 5.97 Å². The van der Waals surface area contributed by atoms with Crippen LogP contribution in [-0.2, 0) is 9.53 Å². The number of carbonyl (C=O) groups excluding carboxylic acids is 1. The molecular formula is C10H18NO2+. The molecule has 0 aromatic rings. The predicted octanol–water partition coefficient (Wildman–Crippen LogP) is -0.0886. The third kappa shape index (κ3) is 1.57. The molecule has 74 valence electrons. The molecule has 0 bridgehead atoms. The van der Waals surface area contributed by atoms with E-state index in [1.165, 1.54) is 19.3 Å². The minimum Gasteiger partial charge on any atom is -0.462 e. The van der Waals surface area contributed by atoms with E-state index in [9.17, 15) is 4.79 Å². The van der Waals surface area contributed by atoms with E-state index in [-0.39, 0.29) is 12.0 Å². The highest BCUT2D eigenvalue weighted by Gasteiger charge is 2.46. The van der Waals surface area contributed by atoms with Crippen molar-refractivity contribution in [2.45, 2.75) is 32.2 Å². The van der Waals surface area contributed by atoms with E-state index in [0.717, 1.165) is 12.5 Å². The van der Waals surface area contributed by atoms with Gasteiger partial charge in [0, 0.05) is 11.8 Å². The molecule has 3 nitrogen and oxygen atoms in total. The molecule has 13 heavy (non-hydrogen) atoms. The van der Waals surface area contributed by atoms with Crippen LogP contribution < -0.4 is 5.32 Å². The number of hydrogen-bond donors (Lipinski definition) is 1. The molecule has 3 atom stereocenters. The van der Waals surface area contributed by atoms with Gasteiger partial charge in [0.2, 0.25) is 0 Å². The van der Waals surface area contributed by atoms with Crippen molar-refractivity contribution in [3.63, 3.8) is 0 Å². The maximum absolute atomic E-state index is 11.5. The molecule has 0 unspecified atom stereocenters. The summed E-state index contributed by atoms with van der Waals surface area (Å²) in [5.74, 6) is 1.41. The van der Waals surface area contributed by atoms with Crippen LogP contribution in [0.2, 0.25) is 0 Å². The normalized spacial score (nSPS) is 37.5. The van der Waals surface area contributed by atoms with E-state index >= 15 is 0 Å². The van der Waals surface area contributed by atoms with Gasteiger partial charge in [0.05, 0.1) is 13.2 Å². The molecule has 1 aliphatic carbocycles. The number of fused-ring (bicyclic) bond motifs is 1. The van der Waals surface area contributed by atoms with Gasteiger partial charge in [-0.3, -0.25) is 0 Å². The van der Waals surface area contributed by atoms with Crippen molar-refractivity contribution in [2.24, 2.45) is 11.8 Å². The third-order valence-electron chi connectivity index (χ3n) is 3.43. The van der Waals surface area contributed by atoms with Crippen LogP contribution in [0.5, 0.6) is 0 Å². The zero-order valence-electron chi connectivity index (χ0n) is 8.16. The second kappa shape index (κ2) is 3.66. The van der Waals surface area contributed by atoms with Gasteiger partial charge in [-0.2, -0.15) is 0 Å². The van der Waals surface area contributed by atoms with Crippen LogP contribution >= 0.6 is 0 Å². The van der Waals surface area contributed by atoms with Crippen molar-refractivity contribution < 1.29 is 14.8 Å². The molecule has 1 saturated carbocycles. The largest absolute Gasteiger partial charge is 0.462 e. The molecular weight excluding hydrogens is 166 g/mol. The second-order valence-corrected chi connectivity index (χ2v) is 4.10. The van der Waals surface area contributed by atoms with Crippen LogP contribution in [-0.4, -0.2) is 25.2 Å². The van der Waals surface area contributed by atoms with Crippen LogP contribution in [0.25, 0.3) is 0 Å². The van der Waals surface area contributed by atoms with Crippen LogP contribution in [0.1, 0.15) is 26.2 Å². The smallest absolute Gasteiger partial charge is 0.365 e. The van der Waals surface area contributed by atoms with E-state index in [1.807, 2.05) is 6.92 Å². The van der Waals surface area contributed by atoms with Gasteiger partial charge in [-0.1, -0.05) is 6.42 Å². The second-order valence-electron chi connectivity index (χ2n) is 4.10. The van der Waals surface area contributed by atoms with Crippen molar-refractivity contribution in [3.8, 4) is 0 Å². The molecule has 2 N–H and O–H groups in total. The van der Waals surface area contributed by atoms with E-state index in [0.29, 0.717) is 12.5 Å². The molecule has 0 radical (unpaired) electrons. The Morgan fingerprint density at radius 3 is 3.15 bits per heavy atom. The molecule has 0 aromatic heterocycles. The number of nitrogens with two attached hydrogens (primary N) is 1. The van der Waals surface area contributed by atoms with Gasteiger partial charge < -0.3 is 10.1 Å². The monoisotopic (exact) mass is 184 g/mol. The fraction of sp³-hybridized carbons (Fsp3) is 0.900. The number of quaternary nitrogens is 1. The van der Waals surface area contributed by atoms with E-state index < -0.39 is 0 Å². The number of rotatable bonds is 2. The summed E-state index contributed by atoms with van der Waals surface area (Å²) >= 11 is 0. The Bertz CT molecular complexity index is 205. The average molecular weight is 184 g/mol.